The summed E-state index contributed by atoms with van der Waals surface area (Å²) in [4.78, 5) is 7.69. The first-order valence-corrected chi connectivity index (χ1v) is 18.9. The van der Waals surface area contributed by atoms with Crippen molar-refractivity contribution in [3.05, 3.63) is 89.7 Å². The second-order valence-corrected chi connectivity index (χ2v) is 13.1. The molecule has 2 heterocycles. The van der Waals surface area contributed by atoms with Crippen LogP contribution in [0.5, 0.6) is 0 Å². The van der Waals surface area contributed by atoms with Crippen molar-refractivity contribution in [1.29, 1.82) is 0 Å². The molecule has 1 unspecified atom stereocenters. The molecule has 0 aliphatic carbocycles. The van der Waals surface area contributed by atoms with Gasteiger partial charge in [0.2, 0.25) is 0 Å². The molecule has 2 aliphatic heterocycles. The van der Waals surface area contributed by atoms with Crippen molar-refractivity contribution in [2.75, 3.05) is 65.5 Å². The molecule has 5 heteroatoms. The van der Waals surface area contributed by atoms with Gasteiger partial charge < -0.3 is 24.8 Å². The van der Waals surface area contributed by atoms with E-state index >= 15 is 0 Å². The van der Waals surface area contributed by atoms with Crippen LogP contribution in [0.25, 0.3) is 5.70 Å². The van der Waals surface area contributed by atoms with Crippen LogP contribution in [0.15, 0.2) is 67.4 Å². The third-order valence-corrected chi connectivity index (χ3v) is 9.03. The normalized spacial score (nSPS) is 17.1. The van der Waals surface area contributed by atoms with E-state index in [-0.39, 0.29) is 0 Å². The van der Waals surface area contributed by atoms with Crippen molar-refractivity contribution in [3.63, 3.8) is 0 Å². The van der Waals surface area contributed by atoms with Crippen LogP contribution in [0.1, 0.15) is 108 Å². The fourth-order valence-corrected chi connectivity index (χ4v) is 6.45. The van der Waals surface area contributed by atoms with Crippen LogP contribution in [0, 0.1) is 6.92 Å². The van der Waals surface area contributed by atoms with E-state index in [0.29, 0.717) is 6.04 Å². The van der Waals surface area contributed by atoms with Gasteiger partial charge in [0.25, 0.3) is 0 Å². The number of rotatable bonds is 16. The summed E-state index contributed by atoms with van der Waals surface area (Å²) in [6, 6.07) is 18.5. The van der Waals surface area contributed by atoms with Gasteiger partial charge in [-0.3, -0.25) is 0 Å². The lowest BCUT2D eigenvalue weighted by atomic mass is 10.0. The molecule has 2 fully saturated rings. The SMILES string of the molecule is C=C(CCCCCCN1CCCN(C(=C)c2cccc(Cc3cccc(C)c3)c2)CC1)OCC.CC.CCCCN1CCNC(C)C1. The van der Waals surface area contributed by atoms with Gasteiger partial charge >= 0.3 is 0 Å². The molecule has 0 amide bonds. The van der Waals surface area contributed by atoms with Gasteiger partial charge in [0.1, 0.15) is 0 Å². The molecule has 2 aliphatic rings. The van der Waals surface area contributed by atoms with E-state index in [1.807, 2.05) is 20.8 Å². The maximum absolute atomic E-state index is 5.44. The zero-order valence-electron chi connectivity index (χ0n) is 31.3. The molecule has 5 nitrogen and oxygen atoms in total. The Labute approximate surface area is 290 Å². The first-order valence-electron chi connectivity index (χ1n) is 18.9. The van der Waals surface area contributed by atoms with Gasteiger partial charge in [-0.15, -0.1) is 0 Å². The molecule has 0 saturated carbocycles. The van der Waals surface area contributed by atoms with Gasteiger partial charge in [-0.1, -0.05) is 101 Å². The second-order valence-electron chi connectivity index (χ2n) is 13.1. The lowest BCUT2D eigenvalue weighted by Gasteiger charge is -2.31. The first-order chi connectivity index (χ1) is 22.9. The second kappa shape index (κ2) is 24.5. The predicted molar refractivity (Wildman–Crippen MR) is 206 cm³/mol. The highest BCUT2D eigenvalue weighted by Gasteiger charge is 2.17. The maximum Gasteiger partial charge on any atom is 0.0888 e. The van der Waals surface area contributed by atoms with E-state index < -0.39 is 0 Å². The fraction of sp³-hybridized carbons (Fsp3) is 0.619. The Hall–Kier alpha value is -2.60. The molecule has 1 N–H and O–H groups in total. The van der Waals surface area contributed by atoms with Gasteiger partial charge in [-0.05, 0) is 95.3 Å². The summed E-state index contributed by atoms with van der Waals surface area (Å²) in [5.41, 5.74) is 6.47. The minimum absolute atomic E-state index is 0.695. The van der Waals surface area contributed by atoms with Crippen molar-refractivity contribution < 1.29 is 4.74 Å². The monoisotopic (exact) mass is 647 g/mol. The smallest absolute Gasteiger partial charge is 0.0888 e. The van der Waals surface area contributed by atoms with E-state index in [4.69, 9.17) is 4.74 Å². The molecule has 0 aromatic heterocycles. The Kier molecular flexibility index (Phi) is 21.2. The number of nitrogens with one attached hydrogen (secondary N) is 1. The number of piperazine rings is 1. The number of hydrogen-bond donors (Lipinski definition) is 1. The Balaban J connectivity index is 0.000000496. The van der Waals surface area contributed by atoms with Crippen LogP contribution in [0.3, 0.4) is 0 Å². The third kappa shape index (κ3) is 16.9. The van der Waals surface area contributed by atoms with Crippen molar-refractivity contribution in [2.45, 2.75) is 105 Å². The lowest BCUT2D eigenvalue weighted by Crippen LogP contribution is -2.49. The molecule has 264 valence electrons. The van der Waals surface area contributed by atoms with Crippen molar-refractivity contribution >= 4 is 5.70 Å². The Morgan fingerprint density at radius 3 is 2.28 bits per heavy atom. The highest BCUT2D eigenvalue weighted by molar-refractivity contribution is 5.62. The predicted octanol–water partition coefficient (Wildman–Crippen LogP) is 9.17. The number of nitrogens with zero attached hydrogens (tertiary/aromatic N) is 3. The number of hydrogen-bond acceptors (Lipinski definition) is 5. The average Bonchev–Trinajstić information content (AvgIpc) is 3.32. The van der Waals surface area contributed by atoms with Gasteiger partial charge in [0.05, 0.1) is 12.4 Å². The Morgan fingerprint density at radius 1 is 0.830 bits per heavy atom. The number of benzene rings is 2. The van der Waals surface area contributed by atoms with Gasteiger partial charge in [0, 0.05) is 57.4 Å². The van der Waals surface area contributed by atoms with Crippen LogP contribution >= 0.6 is 0 Å². The Morgan fingerprint density at radius 2 is 1.55 bits per heavy atom. The number of ether oxygens (including phenoxy) is 1. The van der Waals surface area contributed by atoms with E-state index in [1.54, 1.807) is 0 Å². The Bertz CT molecular complexity index is 1130. The molecule has 47 heavy (non-hydrogen) atoms. The summed E-state index contributed by atoms with van der Waals surface area (Å²) in [7, 11) is 0. The van der Waals surface area contributed by atoms with E-state index in [1.165, 1.54) is 112 Å². The summed E-state index contributed by atoms with van der Waals surface area (Å²) < 4.78 is 5.44. The summed E-state index contributed by atoms with van der Waals surface area (Å²) in [6.45, 7) is 32.5. The molecule has 4 rings (SSSR count). The largest absolute Gasteiger partial charge is 0.499 e. The summed E-state index contributed by atoms with van der Waals surface area (Å²) in [5, 5.41) is 3.45. The topological polar surface area (TPSA) is 31.0 Å². The minimum atomic E-state index is 0.695. The summed E-state index contributed by atoms with van der Waals surface area (Å²) in [6.07, 6.45) is 10.9. The molecule has 2 aromatic carbocycles. The molecule has 0 radical (unpaired) electrons. The van der Waals surface area contributed by atoms with E-state index in [9.17, 15) is 0 Å². The molecular weight excluding hydrogens is 576 g/mol. The molecule has 0 bridgehead atoms. The standard InChI is InChI=1S/C31H44N2O.C9H20N2.C2H6/c1-5-34-27(3)14-8-6-7-9-18-32-19-12-20-33(22-21-32)28(4)31-17-11-16-30(25-31)24-29-15-10-13-26(2)23-29;1-3-4-6-11-7-5-10-9(2)8-11;1-2/h10-11,13,15-17,23,25H,3-9,12,14,18-22,24H2,1-2H3;9-10H,3-8H2,1-2H3;1-2H3. The minimum Gasteiger partial charge on any atom is -0.499 e. The zero-order valence-corrected chi connectivity index (χ0v) is 31.3. The van der Waals surface area contributed by atoms with E-state index in [0.717, 1.165) is 44.8 Å². The molecule has 1 atom stereocenters. The number of unbranched alkanes of at least 4 members (excludes halogenated alkanes) is 4. The lowest BCUT2D eigenvalue weighted by molar-refractivity contribution is 0.204. The van der Waals surface area contributed by atoms with Crippen LogP contribution < -0.4 is 5.32 Å². The number of allylic oxidation sites excluding steroid dienone is 1. The number of aryl methyl sites for hydroxylation is 1. The molecular formula is C42H70N4O. The van der Waals surface area contributed by atoms with Crippen LogP contribution in [-0.2, 0) is 11.2 Å². The van der Waals surface area contributed by atoms with Gasteiger partial charge in [-0.2, -0.15) is 0 Å². The highest BCUT2D eigenvalue weighted by atomic mass is 16.5. The van der Waals surface area contributed by atoms with Crippen molar-refractivity contribution in [3.8, 4) is 0 Å². The highest BCUT2D eigenvalue weighted by Crippen LogP contribution is 2.22. The van der Waals surface area contributed by atoms with Crippen LogP contribution in [0.2, 0.25) is 0 Å². The van der Waals surface area contributed by atoms with Crippen LogP contribution in [0.4, 0.5) is 0 Å². The molecule has 2 saturated heterocycles. The zero-order chi connectivity index (χ0) is 34.3. The third-order valence-electron chi connectivity index (χ3n) is 9.03. The summed E-state index contributed by atoms with van der Waals surface area (Å²) in [5.74, 6) is 0.941. The van der Waals surface area contributed by atoms with E-state index in [2.05, 4.69) is 102 Å². The summed E-state index contributed by atoms with van der Waals surface area (Å²) >= 11 is 0. The van der Waals surface area contributed by atoms with Gasteiger partial charge in [-0.25, -0.2) is 0 Å². The van der Waals surface area contributed by atoms with Crippen LogP contribution in [-0.4, -0.2) is 86.3 Å². The first kappa shape index (κ1) is 40.6. The van der Waals surface area contributed by atoms with Gasteiger partial charge in [0.15, 0.2) is 0 Å². The van der Waals surface area contributed by atoms with Crippen molar-refractivity contribution in [1.82, 2.24) is 20.0 Å². The van der Waals surface area contributed by atoms with Crippen molar-refractivity contribution in [2.24, 2.45) is 0 Å². The molecule has 0 spiro atoms. The fourth-order valence-electron chi connectivity index (χ4n) is 6.45. The average molecular weight is 647 g/mol. The molecule has 2 aromatic rings. The maximum atomic E-state index is 5.44. The quantitative estimate of drug-likeness (QED) is 0.145.